The van der Waals surface area contributed by atoms with E-state index in [0.29, 0.717) is 18.4 Å². The van der Waals surface area contributed by atoms with Gasteiger partial charge in [-0.1, -0.05) is 48.0 Å². The van der Waals surface area contributed by atoms with Crippen molar-refractivity contribution in [1.29, 1.82) is 0 Å². The lowest BCUT2D eigenvalue weighted by atomic mass is 10.1. The average Bonchev–Trinajstić information content (AvgIpc) is 2.77. The molecule has 0 aliphatic carbocycles. The largest absolute Gasteiger partial charge is 0.350 e. The number of amides is 1. The Labute approximate surface area is 174 Å². The van der Waals surface area contributed by atoms with Gasteiger partial charge in [-0.05, 0) is 36.2 Å². The standard InChI is InChI=1S/C24H22N4O2/c1-17-6-8-19(9-7-17)15-26-23(29)16-28-24(30)21-5-3-2-4-20(21)22(27-28)14-18-10-12-25-13-11-18/h2-13H,14-16H2,1H3,(H,26,29). The summed E-state index contributed by atoms with van der Waals surface area (Å²) >= 11 is 0. The van der Waals surface area contributed by atoms with Gasteiger partial charge in [-0.25, -0.2) is 4.68 Å². The Kier molecular flexibility index (Phi) is 5.66. The molecule has 2 aromatic carbocycles. The Morgan fingerprint density at radius 3 is 2.37 bits per heavy atom. The zero-order valence-electron chi connectivity index (χ0n) is 16.7. The molecule has 0 radical (unpaired) electrons. The van der Waals surface area contributed by atoms with Crippen LogP contribution in [0.2, 0.25) is 0 Å². The minimum Gasteiger partial charge on any atom is -0.350 e. The first-order chi connectivity index (χ1) is 14.6. The minimum absolute atomic E-state index is 0.126. The fourth-order valence-electron chi connectivity index (χ4n) is 3.34. The number of hydrogen-bond acceptors (Lipinski definition) is 4. The lowest BCUT2D eigenvalue weighted by molar-refractivity contribution is -0.122. The van der Waals surface area contributed by atoms with Crippen molar-refractivity contribution in [3.8, 4) is 0 Å². The molecule has 6 heteroatoms. The topological polar surface area (TPSA) is 76.9 Å². The van der Waals surface area contributed by atoms with Gasteiger partial charge in [0.25, 0.3) is 5.56 Å². The second kappa shape index (κ2) is 8.69. The van der Waals surface area contributed by atoms with Gasteiger partial charge in [0.2, 0.25) is 5.91 Å². The van der Waals surface area contributed by atoms with Crippen molar-refractivity contribution < 1.29 is 4.79 Å². The number of fused-ring (bicyclic) bond motifs is 1. The Morgan fingerprint density at radius 2 is 1.63 bits per heavy atom. The number of aryl methyl sites for hydroxylation is 1. The highest BCUT2D eigenvalue weighted by Crippen LogP contribution is 2.16. The molecule has 0 fully saturated rings. The van der Waals surface area contributed by atoms with E-state index in [9.17, 15) is 9.59 Å². The Balaban J connectivity index is 1.58. The van der Waals surface area contributed by atoms with Crippen LogP contribution in [0.1, 0.15) is 22.4 Å². The molecule has 0 aliphatic rings. The number of benzene rings is 2. The van der Waals surface area contributed by atoms with E-state index in [2.05, 4.69) is 15.4 Å². The fraction of sp³-hybridized carbons (Fsp3) is 0.167. The van der Waals surface area contributed by atoms with Crippen LogP contribution >= 0.6 is 0 Å². The van der Waals surface area contributed by atoms with Gasteiger partial charge in [-0.15, -0.1) is 0 Å². The monoisotopic (exact) mass is 398 g/mol. The molecule has 0 unspecified atom stereocenters. The lowest BCUT2D eigenvalue weighted by Crippen LogP contribution is -2.34. The molecular formula is C24H22N4O2. The number of hydrogen-bond donors (Lipinski definition) is 1. The van der Waals surface area contributed by atoms with Crippen molar-refractivity contribution in [2.45, 2.75) is 26.4 Å². The third-order valence-corrected chi connectivity index (χ3v) is 4.97. The second-order valence-electron chi connectivity index (χ2n) is 7.25. The van der Waals surface area contributed by atoms with Crippen LogP contribution in [-0.4, -0.2) is 20.7 Å². The van der Waals surface area contributed by atoms with Gasteiger partial charge in [-0.2, -0.15) is 5.10 Å². The first kappa shape index (κ1) is 19.5. The highest BCUT2D eigenvalue weighted by Gasteiger charge is 2.13. The molecule has 4 aromatic rings. The predicted octanol–water partition coefficient (Wildman–Crippen LogP) is 3.01. The van der Waals surface area contributed by atoms with Crippen LogP contribution in [0.4, 0.5) is 0 Å². The smallest absolute Gasteiger partial charge is 0.275 e. The van der Waals surface area contributed by atoms with Gasteiger partial charge >= 0.3 is 0 Å². The molecular weight excluding hydrogens is 376 g/mol. The first-order valence-electron chi connectivity index (χ1n) is 9.80. The Hall–Kier alpha value is -3.80. The molecule has 2 aromatic heterocycles. The maximum absolute atomic E-state index is 12.9. The van der Waals surface area contributed by atoms with E-state index in [0.717, 1.165) is 22.2 Å². The molecule has 0 saturated carbocycles. The Bertz CT molecular complexity index is 1230. The van der Waals surface area contributed by atoms with Crippen LogP contribution in [0.3, 0.4) is 0 Å². The second-order valence-corrected chi connectivity index (χ2v) is 7.25. The van der Waals surface area contributed by atoms with E-state index < -0.39 is 0 Å². The van der Waals surface area contributed by atoms with Crippen LogP contribution in [0.25, 0.3) is 10.8 Å². The fourth-order valence-corrected chi connectivity index (χ4v) is 3.34. The summed E-state index contributed by atoms with van der Waals surface area (Å²) in [6.45, 7) is 2.30. The summed E-state index contributed by atoms with van der Waals surface area (Å²) in [7, 11) is 0. The zero-order valence-corrected chi connectivity index (χ0v) is 16.7. The van der Waals surface area contributed by atoms with E-state index in [1.165, 1.54) is 10.2 Å². The van der Waals surface area contributed by atoms with Crippen molar-refractivity contribution in [1.82, 2.24) is 20.1 Å². The molecule has 2 heterocycles. The van der Waals surface area contributed by atoms with Gasteiger partial charge < -0.3 is 5.32 Å². The quantitative estimate of drug-likeness (QED) is 0.542. The molecule has 0 aliphatic heterocycles. The van der Waals surface area contributed by atoms with Gasteiger partial charge in [0.1, 0.15) is 6.54 Å². The van der Waals surface area contributed by atoms with Crippen molar-refractivity contribution in [2.75, 3.05) is 0 Å². The van der Waals surface area contributed by atoms with Crippen molar-refractivity contribution in [2.24, 2.45) is 0 Å². The molecule has 6 nitrogen and oxygen atoms in total. The number of aromatic nitrogens is 3. The number of nitrogens with one attached hydrogen (secondary N) is 1. The summed E-state index contributed by atoms with van der Waals surface area (Å²) in [5, 5.41) is 8.75. The number of nitrogens with zero attached hydrogens (tertiary/aromatic N) is 3. The number of carbonyl (C=O) groups excluding carboxylic acids is 1. The lowest BCUT2D eigenvalue weighted by Gasteiger charge is -2.12. The molecule has 0 spiro atoms. The van der Waals surface area contributed by atoms with Gasteiger partial charge in [0.05, 0.1) is 11.1 Å². The summed E-state index contributed by atoms with van der Waals surface area (Å²) in [6, 6.07) is 19.2. The SMILES string of the molecule is Cc1ccc(CNC(=O)Cn2nc(Cc3ccncc3)c3ccccc3c2=O)cc1. The van der Waals surface area contributed by atoms with Crippen LogP contribution in [0, 0.1) is 6.92 Å². The van der Waals surface area contributed by atoms with E-state index in [1.54, 1.807) is 18.5 Å². The van der Waals surface area contributed by atoms with Crippen LogP contribution < -0.4 is 10.9 Å². The highest BCUT2D eigenvalue weighted by atomic mass is 16.2. The molecule has 0 bridgehead atoms. The van der Waals surface area contributed by atoms with Crippen molar-refractivity contribution in [3.63, 3.8) is 0 Å². The molecule has 1 N–H and O–H groups in total. The molecule has 4 rings (SSSR count). The first-order valence-corrected chi connectivity index (χ1v) is 9.80. The van der Waals surface area contributed by atoms with Crippen LogP contribution in [-0.2, 0) is 24.3 Å². The van der Waals surface area contributed by atoms with Crippen LogP contribution in [0.15, 0.2) is 77.9 Å². The number of carbonyl (C=O) groups is 1. The maximum atomic E-state index is 12.9. The summed E-state index contributed by atoms with van der Waals surface area (Å²) in [6.07, 6.45) is 4.01. The average molecular weight is 398 g/mol. The summed E-state index contributed by atoms with van der Waals surface area (Å²) in [5.41, 5.74) is 3.69. The van der Waals surface area contributed by atoms with Gasteiger partial charge in [-0.3, -0.25) is 14.6 Å². The molecule has 30 heavy (non-hydrogen) atoms. The van der Waals surface area contributed by atoms with Gasteiger partial charge in [0.15, 0.2) is 0 Å². The number of rotatable bonds is 6. The van der Waals surface area contributed by atoms with Crippen molar-refractivity contribution in [3.05, 3.63) is 106 Å². The molecule has 0 saturated heterocycles. The molecule has 0 atom stereocenters. The normalized spacial score (nSPS) is 10.8. The zero-order chi connectivity index (χ0) is 20.9. The van der Waals surface area contributed by atoms with E-state index >= 15 is 0 Å². The third kappa shape index (κ3) is 4.43. The van der Waals surface area contributed by atoms with Crippen molar-refractivity contribution >= 4 is 16.7 Å². The third-order valence-electron chi connectivity index (χ3n) is 4.97. The van der Waals surface area contributed by atoms with Gasteiger partial charge in [0, 0.05) is 30.7 Å². The van der Waals surface area contributed by atoms with E-state index in [4.69, 9.17) is 0 Å². The minimum atomic E-state index is -0.269. The summed E-state index contributed by atoms with van der Waals surface area (Å²) in [4.78, 5) is 29.4. The van der Waals surface area contributed by atoms with Crippen LogP contribution in [0.5, 0.6) is 0 Å². The molecule has 150 valence electrons. The molecule has 1 amide bonds. The maximum Gasteiger partial charge on any atom is 0.275 e. The summed E-state index contributed by atoms with van der Waals surface area (Å²) in [5.74, 6) is -0.254. The van der Waals surface area contributed by atoms with E-state index in [-0.39, 0.29) is 18.0 Å². The Morgan fingerprint density at radius 1 is 0.933 bits per heavy atom. The predicted molar refractivity (Wildman–Crippen MR) is 116 cm³/mol. The highest BCUT2D eigenvalue weighted by molar-refractivity contribution is 5.84. The summed E-state index contributed by atoms with van der Waals surface area (Å²) < 4.78 is 1.25. The van der Waals surface area contributed by atoms with E-state index in [1.807, 2.05) is 61.5 Å². The number of pyridine rings is 1.